The molecule has 0 radical (unpaired) electrons. The minimum absolute atomic E-state index is 0.000954. The van der Waals surface area contributed by atoms with Crippen LogP contribution in [0, 0.1) is 0 Å². The molecular formula is C25H31N3O2. The van der Waals surface area contributed by atoms with E-state index in [1.807, 2.05) is 19.1 Å². The van der Waals surface area contributed by atoms with Crippen molar-refractivity contribution in [2.75, 3.05) is 11.9 Å². The van der Waals surface area contributed by atoms with Crippen LogP contribution in [-0.2, 0) is 4.74 Å². The van der Waals surface area contributed by atoms with Gasteiger partial charge in [-0.25, -0.2) is 4.79 Å². The number of pyridine rings is 1. The summed E-state index contributed by atoms with van der Waals surface area (Å²) >= 11 is 0. The topological polar surface area (TPSA) is 63.2 Å². The van der Waals surface area contributed by atoms with Gasteiger partial charge < -0.3 is 15.4 Å². The Morgan fingerprint density at radius 2 is 1.80 bits per heavy atom. The smallest absolute Gasteiger partial charge is 0.341 e. The summed E-state index contributed by atoms with van der Waals surface area (Å²) < 4.78 is 5.34. The molecule has 2 heterocycles. The summed E-state index contributed by atoms with van der Waals surface area (Å²) in [5.41, 5.74) is 2.21. The molecule has 3 aromatic rings. The summed E-state index contributed by atoms with van der Waals surface area (Å²) in [7, 11) is 0. The lowest BCUT2D eigenvalue weighted by atomic mass is 9.79. The summed E-state index contributed by atoms with van der Waals surface area (Å²) in [6, 6.07) is 12.6. The Labute approximate surface area is 178 Å². The first-order valence-electron chi connectivity index (χ1n) is 10.7. The number of carbonyl (C=O) groups excluding carboxylic acids is 1. The third-order valence-electron chi connectivity index (χ3n) is 5.80. The lowest BCUT2D eigenvalue weighted by Crippen LogP contribution is -2.60. The highest BCUT2D eigenvalue weighted by molar-refractivity contribution is 6.13. The van der Waals surface area contributed by atoms with Crippen molar-refractivity contribution in [3.05, 3.63) is 48.2 Å². The maximum Gasteiger partial charge on any atom is 0.341 e. The fourth-order valence-electron chi connectivity index (χ4n) is 5.08. The summed E-state index contributed by atoms with van der Waals surface area (Å²) in [5.74, 6) is -0.338. The molecule has 5 nitrogen and oxygen atoms in total. The zero-order chi connectivity index (χ0) is 21.5. The number of esters is 1. The Bertz CT molecular complexity index is 1090. The predicted molar refractivity (Wildman–Crippen MR) is 123 cm³/mol. The Hall–Kier alpha value is -2.66. The molecule has 0 unspecified atom stereocenters. The average molecular weight is 406 g/mol. The monoisotopic (exact) mass is 405 g/mol. The van der Waals surface area contributed by atoms with Crippen molar-refractivity contribution < 1.29 is 9.53 Å². The highest BCUT2D eigenvalue weighted by atomic mass is 16.5. The summed E-state index contributed by atoms with van der Waals surface area (Å²) in [6.45, 7) is 11.1. The quantitative estimate of drug-likeness (QED) is 0.456. The van der Waals surface area contributed by atoms with E-state index >= 15 is 0 Å². The number of carbonyl (C=O) groups is 1. The highest BCUT2D eigenvalue weighted by Gasteiger charge is 2.38. The van der Waals surface area contributed by atoms with Gasteiger partial charge in [0.25, 0.3) is 0 Å². The SMILES string of the molecule is CCOC(=O)c1cnc2c(ccc3ccccc32)c1NC1CC(C)(C)NC(C)(C)C1. The van der Waals surface area contributed by atoms with Crippen molar-refractivity contribution in [2.24, 2.45) is 0 Å². The van der Waals surface area contributed by atoms with Crippen LogP contribution in [0.4, 0.5) is 5.69 Å². The van der Waals surface area contributed by atoms with Gasteiger partial charge >= 0.3 is 5.97 Å². The van der Waals surface area contributed by atoms with Crippen molar-refractivity contribution >= 4 is 33.3 Å². The zero-order valence-corrected chi connectivity index (χ0v) is 18.5. The molecule has 0 bridgehead atoms. The minimum Gasteiger partial charge on any atom is -0.462 e. The molecule has 5 heteroatoms. The van der Waals surface area contributed by atoms with E-state index < -0.39 is 0 Å². The Balaban J connectivity index is 1.85. The molecule has 2 aromatic carbocycles. The number of nitrogens with one attached hydrogen (secondary N) is 2. The number of rotatable bonds is 4. The van der Waals surface area contributed by atoms with Gasteiger partial charge in [-0.05, 0) is 52.8 Å². The zero-order valence-electron chi connectivity index (χ0n) is 18.5. The molecule has 1 aliphatic heterocycles. The maximum absolute atomic E-state index is 12.8. The number of nitrogens with zero attached hydrogens (tertiary/aromatic N) is 1. The number of fused-ring (bicyclic) bond motifs is 3. The molecule has 1 aromatic heterocycles. The Morgan fingerprint density at radius 3 is 2.50 bits per heavy atom. The van der Waals surface area contributed by atoms with Crippen molar-refractivity contribution in [1.82, 2.24) is 10.3 Å². The van der Waals surface area contributed by atoms with Gasteiger partial charge in [-0.2, -0.15) is 0 Å². The van der Waals surface area contributed by atoms with E-state index in [-0.39, 0.29) is 23.1 Å². The van der Waals surface area contributed by atoms with Gasteiger partial charge in [-0.15, -0.1) is 0 Å². The van der Waals surface area contributed by atoms with E-state index in [0.29, 0.717) is 12.2 Å². The van der Waals surface area contributed by atoms with E-state index in [0.717, 1.165) is 40.2 Å². The van der Waals surface area contributed by atoms with Crippen LogP contribution in [0.1, 0.15) is 57.8 Å². The lowest BCUT2D eigenvalue weighted by molar-refractivity contribution is 0.0527. The van der Waals surface area contributed by atoms with Gasteiger partial charge in [0.1, 0.15) is 5.56 Å². The standard InChI is InChI=1S/C25H31N3O2/c1-6-30-23(29)20-15-26-21-18-10-8-7-9-16(18)11-12-19(21)22(20)27-17-13-24(2,3)28-25(4,5)14-17/h7-12,15,17,28H,6,13-14H2,1-5H3,(H,26,27). The molecule has 0 amide bonds. The maximum atomic E-state index is 12.8. The lowest BCUT2D eigenvalue weighted by Gasteiger charge is -2.47. The molecule has 158 valence electrons. The van der Waals surface area contributed by atoms with Crippen molar-refractivity contribution in [3.8, 4) is 0 Å². The molecule has 0 spiro atoms. The average Bonchev–Trinajstić information content (AvgIpc) is 2.65. The van der Waals surface area contributed by atoms with Crippen LogP contribution in [0.25, 0.3) is 21.7 Å². The molecule has 1 saturated heterocycles. The van der Waals surface area contributed by atoms with Gasteiger partial charge in [0.2, 0.25) is 0 Å². The third kappa shape index (κ3) is 3.99. The summed E-state index contributed by atoms with van der Waals surface area (Å²) in [6.07, 6.45) is 3.57. The largest absolute Gasteiger partial charge is 0.462 e. The summed E-state index contributed by atoms with van der Waals surface area (Å²) in [5, 5.41) is 10.6. The van der Waals surface area contributed by atoms with Crippen LogP contribution in [-0.4, -0.2) is 34.7 Å². The fraction of sp³-hybridized carbons (Fsp3) is 0.440. The normalized spacial score (nSPS) is 18.4. The predicted octanol–water partition coefficient (Wildman–Crippen LogP) is 5.29. The Morgan fingerprint density at radius 1 is 1.10 bits per heavy atom. The fourth-order valence-corrected chi connectivity index (χ4v) is 5.08. The van der Waals surface area contributed by atoms with Gasteiger partial charge in [0.05, 0.1) is 17.8 Å². The first kappa shape index (κ1) is 20.6. The van der Waals surface area contributed by atoms with Crippen molar-refractivity contribution in [2.45, 2.75) is 64.6 Å². The third-order valence-corrected chi connectivity index (χ3v) is 5.80. The molecule has 2 N–H and O–H groups in total. The molecule has 0 saturated carbocycles. The van der Waals surface area contributed by atoms with Crippen LogP contribution in [0.15, 0.2) is 42.6 Å². The van der Waals surface area contributed by atoms with Crippen LogP contribution < -0.4 is 10.6 Å². The van der Waals surface area contributed by atoms with E-state index in [1.165, 1.54) is 0 Å². The van der Waals surface area contributed by atoms with E-state index in [2.05, 4.69) is 67.6 Å². The second-order valence-electron chi connectivity index (χ2n) is 9.59. The first-order valence-corrected chi connectivity index (χ1v) is 10.7. The van der Waals surface area contributed by atoms with Crippen molar-refractivity contribution in [3.63, 3.8) is 0 Å². The molecule has 1 aliphatic rings. The number of hydrogen-bond acceptors (Lipinski definition) is 5. The Kier molecular flexibility index (Phi) is 5.18. The van der Waals surface area contributed by atoms with Gasteiger partial charge in [0, 0.05) is 34.1 Å². The van der Waals surface area contributed by atoms with Crippen LogP contribution in [0.2, 0.25) is 0 Å². The van der Waals surface area contributed by atoms with Crippen molar-refractivity contribution in [1.29, 1.82) is 0 Å². The summed E-state index contributed by atoms with van der Waals surface area (Å²) in [4.78, 5) is 17.4. The molecule has 1 fully saturated rings. The van der Waals surface area contributed by atoms with Crippen LogP contribution in [0.5, 0.6) is 0 Å². The van der Waals surface area contributed by atoms with E-state index in [9.17, 15) is 4.79 Å². The minimum atomic E-state index is -0.338. The van der Waals surface area contributed by atoms with Gasteiger partial charge in [-0.3, -0.25) is 4.98 Å². The number of piperidine rings is 1. The number of hydrogen-bond donors (Lipinski definition) is 2. The number of aromatic nitrogens is 1. The molecule has 0 aliphatic carbocycles. The van der Waals surface area contributed by atoms with Gasteiger partial charge in [0.15, 0.2) is 0 Å². The second-order valence-corrected chi connectivity index (χ2v) is 9.59. The van der Waals surface area contributed by atoms with Crippen LogP contribution in [0.3, 0.4) is 0 Å². The molecular weight excluding hydrogens is 374 g/mol. The second kappa shape index (κ2) is 7.55. The van der Waals surface area contributed by atoms with E-state index in [1.54, 1.807) is 6.20 Å². The molecule has 0 atom stereocenters. The van der Waals surface area contributed by atoms with E-state index in [4.69, 9.17) is 4.74 Å². The first-order chi connectivity index (χ1) is 14.2. The van der Waals surface area contributed by atoms with Gasteiger partial charge in [-0.1, -0.05) is 36.4 Å². The number of benzene rings is 2. The highest BCUT2D eigenvalue weighted by Crippen LogP contribution is 2.36. The molecule has 4 rings (SSSR count). The number of anilines is 1. The van der Waals surface area contributed by atoms with Crippen LogP contribution >= 0.6 is 0 Å². The molecule has 30 heavy (non-hydrogen) atoms. The number of ether oxygens (including phenoxy) is 1.